The Labute approximate surface area is 95.9 Å². The van der Waals surface area contributed by atoms with Crippen molar-refractivity contribution in [1.29, 1.82) is 0 Å². The monoisotopic (exact) mass is 381 g/mol. The van der Waals surface area contributed by atoms with Crippen LogP contribution in [0.3, 0.4) is 0 Å². The van der Waals surface area contributed by atoms with Crippen LogP contribution in [0.2, 0.25) is 14.9 Å². The molecule has 0 fully saturated rings. The zero-order valence-corrected chi connectivity index (χ0v) is 11.6. The van der Waals surface area contributed by atoms with Gasteiger partial charge in [0.15, 0.2) is 0 Å². The summed E-state index contributed by atoms with van der Waals surface area (Å²) in [5.41, 5.74) is 1.51. The zero-order chi connectivity index (χ0) is 10.7. The van der Waals surface area contributed by atoms with Crippen LogP contribution in [0.15, 0.2) is 54.6 Å². The quantitative estimate of drug-likeness (QED) is 0.730. The van der Waals surface area contributed by atoms with E-state index >= 15 is 0 Å². The Bertz CT molecular complexity index is 362. The summed E-state index contributed by atoms with van der Waals surface area (Å²) in [5.74, 6) is 0. The van der Waals surface area contributed by atoms with Gasteiger partial charge in [0.2, 0.25) is 0 Å². The van der Waals surface area contributed by atoms with E-state index in [1.807, 2.05) is 0 Å². The number of allylic oxidation sites excluding steroid dienone is 4. The molecule has 2 rings (SSSR count). The summed E-state index contributed by atoms with van der Waals surface area (Å²) in [5, 5.41) is 5.04. The van der Waals surface area contributed by atoms with Gasteiger partial charge in [-0.3, -0.25) is 0 Å². The predicted molar refractivity (Wildman–Crippen MR) is 63.9 cm³/mol. The van der Waals surface area contributed by atoms with E-state index in [0.717, 1.165) is 4.31 Å². The molecule has 0 N–H and O–H groups in total. The van der Waals surface area contributed by atoms with Crippen LogP contribution in [0.5, 0.6) is 0 Å². The number of benzene rings is 1. The predicted octanol–water partition coefficient (Wildman–Crippen LogP) is 4.35. The molecule has 0 aliphatic heterocycles. The fraction of sp³-hybridized carbons (Fsp3) is 0.286. The van der Waals surface area contributed by atoms with Gasteiger partial charge in [0.1, 0.15) is 0 Å². The summed E-state index contributed by atoms with van der Waals surface area (Å²) < 4.78 is 0.762. The Morgan fingerprint density at radius 1 is 1.00 bits per heavy atom. The van der Waals surface area contributed by atoms with Gasteiger partial charge in [-0.05, 0) is 0 Å². The summed E-state index contributed by atoms with van der Waals surface area (Å²) in [6, 6.07) is 10.9. The van der Waals surface area contributed by atoms with Gasteiger partial charge in [0.25, 0.3) is 0 Å². The van der Waals surface area contributed by atoms with E-state index in [9.17, 15) is 0 Å². The molecular weight excluding hydrogens is 363 g/mol. The number of hydrogen-bond acceptors (Lipinski definition) is 0. The van der Waals surface area contributed by atoms with Crippen molar-refractivity contribution in [2.24, 2.45) is 0 Å². The molecule has 0 heterocycles. The second-order valence-corrected chi connectivity index (χ2v) is 15.4. The fourth-order valence-corrected chi connectivity index (χ4v) is 8.01. The van der Waals surface area contributed by atoms with Crippen LogP contribution in [0.25, 0.3) is 0 Å². The molecule has 0 saturated carbocycles. The van der Waals surface area contributed by atoms with E-state index in [2.05, 4.69) is 65.3 Å². The molecule has 0 radical (unpaired) electrons. The van der Waals surface area contributed by atoms with Crippen molar-refractivity contribution >= 4 is 0 Å². The van der Waals surface area contributed by atoms with Gasteiger partial charge in [-0.1, -0.05) is 0 Å². The standard InChI is InChI=1S/C7H7.C5H5.2CH3.Pt/c1-7-5-3-2-4-6-7;1-2-4-5-3-1;;;/h2-6H,1H2;1-5H;2*1H3;. The molecule has 1 heteroatoms. The maximum absolute atomic E-state index is 2.52. The van der Waals surface area contributed by atoms with E-state index in [4.69, 9.17) is 0 Å². The van der Waals surface area contributed by atoms with Crippen LogP contribution >= 0.6 is 0 Å². The van der Waals surface area contributed by atoms with Crippen molar-refractivity contribution in [3.63, 3.8) is 0 Å². The molecule has 1 aromatic carbocycles. The van der Waals surface area contributed by atoms with Gasteiger partial charge in [-0.25, -0.2) is 0 Å². The van der Waals surface area contributed by atoms with Gasteiger partial charge >= 0.3 is 96.0 Å². The summed E-state index contributed by atoms with van der Waals surface area (Å²) >= 11 is -1.63. The van der Waals surface area contributed by atoms with Crippen LogP contribution in [-0.2, 0) is 20.9 Å². The van der Waals surface area contributed by atoms with Crippen LogP contribution in [0, 0.1) is 0 Å². The fourth-order valence-electron chi connectivity index (χ4n) is 1.68. The molecule has 15 heavy (non-hydrogen) atoms. The molecule has 84 valence electrons. The third-order valence-corrected chi connectivity index (χ3v) is 10.5. The first-order chi connectivity index (χ1) is 7.18. The molecule has 0 aromatic heterocycles. The molecule has 1 aromatic rings. The Kier molecular flexibility index (Phi) is 3.26. The molecule has 0 amide bonds. The van der Waals surface area contributed by atoms with Crippen LogP contribution < -0.4 is 0 Å². The molecular formula is C14H18Pt. The summed E-state index contributed by atoms with van der Waals surface area (Å²) in [7, 11) is 0. The van der Waals surface area contributed by atoms with E-state index < -0.39 is 16.1 Å². The van der Waals surface area contributed by atoms with Crippen molar-refractivity contribution in [3.8, 4) is 0 Å². The first-order valence-electron chi connectivity index (χ1n) is 4.97. The molecule has 0 atom stereocenters. The summed E-state index contributed by atoms with van der Waals surface area (Å²) in [6.45, 7) is 0. The third-order valence-electron chi connectivity index (χ3n) is 2.51. The molecule has 0 bridgehead atoms. The van der Waals surface area contributed by atoms with E-state index in [1.54, 1.807) is 0 Å². The van der Waals surface area contributed by atoms with E-state index in [1.165, 1.54) is 10.4 Å². The third kappa shape index (κ3) is 2.69. The second-order valence-electron chi connectivity index (χ2n) is 4.03. The molecule has 1 aliphatic rings. The Morgan fingerprint density at radius 3 is 2.20 bits per heavy atom. The van der Waals surface area contributed by atoms with Crippen LogP contribution in [0.4, 0.5) is 0 Å². The van der Waals surface area contributed by atoms with Crippen molar-refractivity contribution in [2.45, 2.75) is 19.7 Å². The van der Waals surface area contributed by atoms with Crippen LogP contribution in [0.1, 0.15) is 5.56 Å². The van der Waals surface area contributed by atoms with Gasteiger partial charge in [-0.2, -0.15) is 0 Å². The molecule has 0 saturated heterocycles. The second kappa shape index (κ2) is 4.49. The minimum absolute atomic E-state index is 0.762. The topological polar surface area (TPSA) is 0 Å². The number of rotatable bonds is 3. The van der Waals surface area contributed by atoms with Crippen molar-refractivity contribution < 1.29 is 16.1 Å². The van der Waals surface area contributed by atoms with Gasteiger partial charge in [0.05, 0.1) is 0 Å². The maximum atomic E-state index is 2.52. The normalized spacial score (nSPS) is 17.2. The molecule has 0 nitrogen and oxygen atoms in total. The van der Waals surface area contributed by atoms with Crippen molar-refractivity contribution in [2.75, 3.05) is 0 Å². The Balaban J connectivity index is 2.10. The number of hydrogen-bond donors (Lipinski definition) is 0. The minimum atomic E-state index is -1.63. The molecule has 1 aliphatic carbocycles. The Hall–Kier alpha value is -0.612. The summed E-state index contributed by atoms with van der Waals surface area (Å²) in [6.07, 6.45) is 9.14. The van der Waals surface area contributed by atoms with Crippen molar-refractivity contribution in [3.05, 3.63) is 60.2 Å². The van der Waals surface area contributed by atoms with Crippen LogP contribution in [-0.4, -0.2) is 0 Å². The van der Waals surface area contributed by atoms with Gasteiger partial charge in [-0.15, -0.1) is 0 Å². The van der Waals surface area contributed by atoms with E-state index in [0.29, 0.717) is 0 Å². The first kappa shape index (κ1) is 10.9. The average Bonchev–Trinajstić information content (AvgIpc) is 2.71. The van der Waals surface area contributed by atoms with Crippen molar-refractivity contribution in [1.82, 2.24) is 0 Å². The molecule has 0 unspecified atom stereocenters. The van der Waals surface area contributed by atoms with Gasteiger partial charge in [0, 0.05) is 0 Å². The van der Waals surface area contributed by atoms with Gasteiger partial charge < -0.3 is 0 Å². The zero-order valence-electron chi connectivity index (χ0n) is 9.30. The SMILES string of the molecule is [CH3][Pt]([CH3])([CH2]c1ccccc1)[CH]1C=CC=C1. The average molecular weight is 381 g/mol. The molecule has 0 spiro atoms. The summed E-state index contributed by atoms with van der Waals surface area (Å²) in [4.78, 5) is 1.31. The Morgan fingerprint density at radius 2 is 1.60 bits per heavy atom. The van der Waals surface area contributed by atoms with E-state index in [-0.39, 0.29) is 0 Å². The first-order valence-corrected chi connectivity index (χ1v) is 12.4.